The number of nitrogens with one attached hydrogen (secondary N) is 2. The summed E-state index contributed by atoms with van der Waals surface area (Å²) in [6.07, 6.45) is 2.39. The molecule has 0 atom stereocenters. The highest BCUT2D eigenvalue weighted by atomic mass is 16.5. The maximum absolute atomic E-state index is 12.0. The van der Waals surface area contributed by atoms with Gasteiger partial charge in [0.05, 0.1) is 24.1 Å². The van der Waals surface area contributed by atoms with E-state index in [4.69, 9.17) is 9.47 Å². The molecular formula is C16H21N5O3. The van der Waals surface area contributed by atoms with Crippen LogP contribution in [0.5, 0.6) is 0 Å². The van der Waals surface area contributed by atoms with Crippen LogP contribution in [0.15, 0.2) is 30.5 Å². The standard InChI is InChI=1S/C16H21N5O3/c1-3-24-15(22)12-7-4-5-8-13(12)19-16-20-14(11-18-21-16)17-9-6-10-23-2/h4-5,7-8,11H,3,6,9-10H2,1-2H3,(H2,17,19,20,21). The molecule has 0 aliphatic rings. The zero-order chi connectivity index (χ0) is 17.2. The highest BCUT2D eigenvalue weighted by Crippen LogP contribution is 2.19. The second-order valence-electron chi connectivity index (χ2n) is 4.83. The fraction of sp³-hybridized carbons (Fsp3) is 0.375. The van der Waals surface area contributed by atoms with Crippen molar-refractivity contribution in [3.8, 4) is 0 Å². The fourth-order valence-electron chi connectivity index (χ4n) is 1.97. The van der Waals surface area contributed by atoms with Gasteiger partial charge in [-0.15, -0.1) is 5.10 Å². The Morgan fingerprint density at radius 1 is 1.29 bits per heavy atom. The number of aromatic nitrogens is 3. The van der Waals surface area contributed by atoms with Crippen LogP contribution in [0.3, 0.4) is 0 Å². The summed E-state index contributed by atoms with van der Waals surface area (Å²) in [5, 5.41) is 14.0. The van der Waals surface area contributed by atoms with Gasteiger partial charge in [-0.3, -0.25) is 0 Å². The van der Waals surface area contributed by atoms with Crippen LogP contribution in [0, 0.1) is 0 Å². The Balaban J connectivity index is 2.07. The molecule has 0 fully saturated rings. The van der Waals surface area contributed by atoms with E-state index in [0.717, 1.165) is 6.42 Å². The van der Waals surface area contributed by atoms with Gasteiger partial charge in [-0.2, -0.15) is 10.1 Å². The molecule has 24 heavy (non-hydrogen) atoms. The molecule has 0 saturated heterocycles. The van der Waals surface area contributed by atoms with Gasteiger partial charge in [0.15, 0.2) is 5.82 Å². The number of carbonyl (C=O) groups is 1. The Bertz CT molecular complexity index is 666. The molecule has 0 saturated carbocycles. The van der Waals surface area contributed by atoms with Crippen molar-refractivity contribution in [2.45, 2.75) is 13.3 Å². The van der Waals surface area contributed by atoms with Crippen LogP contribution in [-0.4, -0.2) is 48.0 Å². The number of esters is 1. The van der Waals surface area contributed by atoms with Gasteiger partial charge in [0, 0.05) is 20.3 Å². The maximum Gasteiger partial charge on any atom is 0.340 e. The number of rotatable bonds is 9. The lowest BCUT2D eigenvalue weighted by Gasteiger charge is -2.10. The molecule has 0 radical (unpaired) electrons. The van der Waals surface area contributed by atoms with Gasteiger partial charge >= 0.3 is 5.97 Å². The summed E-state index contributed by atoms with van der Waals surface area (Å²) in [4.78, 5) is 16.3. The molecule has 2 aromatic rings. The topological polar surface area (TPSA) is 98.3 Å². The molecule has 0 amide bonds. The number of hydrogen-bond donors (Lipinski definition) is 2. The van der Waals surface area contributed by atoms with Crippen molar-refractivity contribution >= 4 is 23.4 Å². The van der Waals surface area contributed by atoms with E-state index in [9.17, 15) is 4.79 Å². The SMILES string of the molecule is CCOC(=O)c1ccccc1Nc1nncc(NCCCOC)n1. The molecule has 0 aliphatic heterocycles. The third-order valence-electron chi connectivity index (χ3n) is 3.06. The van der Waals surface area contributed by atoms with E-state index in [2.05, 4.69) is 25.8 Å². The summed E-state index contributed by atoms with van der Waals surface area (Å²) in [5.74, 6) is 0.489. The van der Waals surface area contributed by atoms with Gasteiger partial charge in [-0.05, 0) is 25.5 Å². The quantitative estimate of drug-likeness (QED) is 0.533. The first-order chi connectivity index (χ1) is 11.7. The highest BCUT2D eigenvalue weighted by Gasteiger charge is 2.13. The maximum atomic E-state index is 12.0. The number of carbonyl (C=O) groups excluding carboxylic acids is 1. The number of nitrogens with zero attached hydrogens (tertiary/aromatic N) is 3. The van der Waals surface area contributed by atoms with Gasteiger partial charge in [-0.25, -0.2) is 4.79 Å². The van der Waals surface area contributed by atoms with Crippen molar-refractivity contribution in [3.63, 3.8) is 0 Å². The molecule has 8 nitrogen and oxygen atoms in total. The zero-order valence-electron chi connectivity index (χ0n) is 13.8. The largest absolute Gasteiger partial charge is 0.462 e. The molecule has 1 aromatic carbocycles. The molecule has 2 rings (SSSR count). The summed E-state index contributed by atoms with van der Waals surface area (Å²) in [6, 6.07) is 7.02. The van der Waals surface area contributed by atoms with Crippen LogP contribution in [-0.2, 0) is 9.47 Å². The smallest absolute Gasteiger partial charge is 0.340 e. The van der Waals surface area contributed by atoms with Crippen LogP contribution in [0.25, 0.3) is 0 Å². The van der Waals surface area contributed by atoms with Crippen LogP contribution in [0.2, 0.25) is 0 Å². The number of ether oxygens (including phenoxy) is 2. The van der Waals surface area contributed by atoms with E-state index in [1.807, 2.05) is 6.07 Å². The van der Waals surface area contributed by atoms with E-state index >= 15 is 0 Å². The predicted octanol–water partition coefficient (Wildman–Crippen LogP) is 2.24. The first-order valence-corrected chi connectivity index (χ1v) is 7.70. The zero-order valence-corrected chi connectivity index (χ0v) is 13.8. The van der Waals surface area contributed by atoms with Crippen molar-refractivity contribution in [1.29, 1.82) is 0 Å². The summed E-state index contributed by atoms with van der Waals surface area (Å²) < 4.78 is 10.0. The third kappa shape index (κ3) is 5.17. The second-order valence-corrected chi connectivity index (χ2v) is 4.83. The Hall–Kier alpha value is -2.74. The monoisotopic (exact) mass is 331 g/mol. The molecule has 2 N–H and O–H groups in total. The number of anilines is 3. The number of methoxy groups -OCH3 is 1. The minimum Gasteiger partial charge on any atom is -0.462 e. The van der Waals surface area contributed by atoms with Crippen molar-refractivity contribution in [2.24, 2.45) is 0 Å². The van der Waals surface area contributed by atoms with Crippen molar-refractivity contribution < 1.29 is 14.3 Å². The van der Waals surface area contributed by atoms with Crippen molar-refractivity contribution in [1.82, 2.24) is 15.2 Å². The summed E-state index contributed by atoms with van der Waals surface area (Å²) in [6.45, 7) is 3.46. The van der Waals surface area contributed by atoms with Gasteiger partial charge < -0.3 is 20.1 Å². The molecular weight excluding hydrogens is 310 g/mol. The minimum absolute atomic E-state index is 0.295. The van der Waals surface area contributed by atoms with Crippen LogP contribution < -0.4 is 10.6 Å². The number of hydrogen-bond acceptors (Lipinski definition) is 8. The molecule has 0 bridgehead atoms. The van der Waals surface area contributed by atoms with E-state index in [1.165, 1.54) is 6.20 Å². The lowest BCUT2D eigenvalue weighted by molar-refractivity contribution is 0.0527. The van der Waals surface area contributed by atoms with Crippen molar-refractivity contribution in [3.05, 3.63) is 36.0 Å². The van der Waals surface area contributed by atoms with Crippen molar-refractivity contribution in [2.75, 3.05) is 37.5 Å². The first-order valence-electron chi connectivity index (χ1n) is 7.70. The van der Waals surface area contributed by atoms with Crippen LogP contribution in [0.1, 0.15) is 23.7 Å². The Labute approximate surface area is 140 Å². The summed E-state index contributed by atoms with van der Waals surface area (Å²) in [5.41, 5.74) is 0.982. The molecule has 8 heteroatoms. The van der Waals surface area contributed by atoms with Gasteiger partial charge in [0.25, 0.3) is 0 Å². The van der Waals surface area contributed by atoms with Gasteiger partial charge in [-0.1, -0.05) is 12.1 Å². The van der Waals surface area contributed by atoms with E-state index in [-0.39, 0.29) is 0 Å². The Morgan fingerprint density at radius 2 is 2.12 bits per heavy atom. The van der Waals surface area contributed by atoms with Crippen LogP contribution >= 0.6 is 0 Å². The molecule has 1 aromatic heterocycles. The average Bonchev–Trinajstić information content (AvgIpc) is 2.60. The van der Waals surface area contributed by atoms with E-state index < -0.39 is 5.97 Å². The number of para-hydroxylation sites is 1. The highest BCUT2D eigenvalue weighted by molar-refractivity contribution is 5.96. The molecule has 0 aliphatic carbocycles. The lowest BCUT2D eigenvalue weighted by atomic mass is 10.2. The molecule has 128 valence electrons. The second kappa shape index (κ2) is 9.41. The summed E-state index contributed by atoms with van der Waals surface area (Å²) >= 11 is 0. The number of benzene rings is 1. The molecule has 0 unspecified atom stereocenters. The normalized spacial score (nSPS) is 10.2. The third-order valence-corrected chi connectivity index (χ3v) is 3.06. The minimum atomic E-state index is -0.401. The molecule has 0 spiro atoms. The van der Waals surface area contributed by atoms with Gasteiger partial charge in [0.2, 0.25) is 5.95 Å². The summed E-state index contributed by atoms with van der Waals surface area (Å²) in [7, 11) is 1.66. The van der Waals surface area contributed by atoms with E-state index in [1.54, 1.807) is 32.2 Å². The fourth-order valence-corrected chi connectivity index (χ4v) is 1.97. The lowest BCUT2D eigenvalue weighted by Crippen LogP contribution is -2.10. The van der Waals surface area contributed by atoms with Gasteiger partial charge in [0.1, 0.15) is 0 Å². The first kappa shape index (κ1) is 17.6. The van der Waals surface area contributed by atoms with Crippen LogP contribution in [0.4, 0.5) is 17.5 Å². The Morgan fingerprint density at radius 3 is 2.92 bits per heavy atom. The Kier molecular flexibility index (Phi) is 6.91. The molecule has 1 heterocycles. The predicted molar refractivity (Wildman–Crippen MR) is 90.5 cm³/mol. The van der Waals surface area contributed by atoms with E-state index in [0.29, 0.717) is 42.8 Å². The average molecular weight is 331 g/mol.